The Morgan fingerprint density at radius 1 is 1.26 bits per heavy atom. The Morgan fingerprint density at radius 2 is 2.00 bits per heavy atom. The summed E-state index contributed by atoms with van der Waals surface area (Å²) >= 11 is 6.00. The summed E-state index contributed by atoms with van der Waals surface area (Å²) in [5.41, 5.74) is 1.16. The van der Waals surface area contributed by atoms with Crippen LogP contribution in [0.25, 0.3) is 0 Å². The van der Waals surface area contributed by atoms with Gasteiger partial charge in [0.2, 0.25) is 0 Å². The van der Waals surface area contributed by atoms with Crippen molar-refractivity contribution in [3.8, 4) is 0 Å². The topological polar surface area (TPSA) is 43.8 Å². The zero-order chi connectivity index (χ0) is 13.7. The third kappa shape index (κ3) is 4.40. The lowest BCUT2D eigenvalue weighted by Crippen LogP contribution is -2.46. The number of carboxylic acid groups (broad SMARTS) is 1. The second kappa shape index (κ2) is 6.78. The molecule has 1 aromatic rings. The summed E-state index contributed by atoms with van der Waals surface area (Å²) in [6.45, 7) is 4.76. The summed E-state index contributed by atoms with van der Waals surface area (Å²) in [4.78, 5) is 15.1. The molecule has 1 fully saturated rings. The van der Waals surface area contributed by atoms with Crippen LogP contribution < -0.4 is 4.90 Å². The lowest BCUT2D eigenvalue weighted by atomic mass is 10.2. The fourth-order valence-corrected chi connectivity index (χ4v) is 2.54. The van der Waals surface area contributed by atoms with Gasteiger partial charge in [0.1, 0.15) is 0 Å². The van der Waals surface area contributed by atoms with Crippen molar-refractivity contribution in [3.05, 3.63) is 29.3 Å². The first-order valence-corrected chi connectivity index (χ1v) is 6.97. The Bertz CT molecular complexity index is 431. The molecule has 1 saturated heterocycles. The molecule has 0 amide bonds. The minimum atomic E-state index is -0.711. The number of benzene rings is 1. The molecule has 4 nitrogen and oxygen atoms in total. The van der Waals surface area contributed by atoms with Crippen LogP contribution in [0, 0.1) is 0 Å². The van der Waals surface area contributed by atoms with Crippen molar-refractivity contribution in [1.29, 1.82) is 0 Å². The van der Waals surface area contributed by atoms with Gasteiger partial charge in [-0.25, -0.2) is 0 Å². The molecule has 1 aliphatic rings. The molecule has 5 heteroatoms. The first-order chi connectivity index (χ1) is 9.15. The highest BCUT2D eigenvalue weighted by molar-refractivity contribution is 6.30. The zero-order valence-corrected chi connectivity index (χ0v) is 11.6. The van der Waals surface area contributed by atoms with E-state index in [1.165, 1.54) is 0 Å². The molecule has 0 saturated carbocycles. The molecule has 1 N–H and O–H groups in total. The van der Waals surface area contributed by atoms with E-state index in [-0.39, 0.29) is 6.42 Å². The second-order valence-corrected chi connectivity index (χ2v) is 5.24. The molecule has 0 aliphatic carbocycles. The predicted octanol–water partition coefficient (Wildman–Crippen LogP) is 2.33. The third-order valence-electron chi connectivity index (χ3n) is 3.41. The average molecular weight is 283 g/mol. The molecule has 0 unspecified atom stereocenters. The number of halogens is 1. The number of anilines is 1. The molecule has 0 radical (unpaired) electrons. The van der Waals surface area contributed by atoms with Gasteiger partial charge in [0.05, 0.1) is 0 Å². The van der Waals surface area contributed by atoms with E-state index in [1.807, 2.05) is 18.2 Å². The van der Waals surface area contributed by atoms with Crippen molar-refractivity contribution in [2.75, 3.05) is 37.6 Å². The Balaban J connectivity index is 1.77. The van der Waals surface area contributed by atoms with E-state index < -0.39 is 5.97 Å². The number of nitrogens with zero attached hydrogens (tertiary/aromatic N) is 2. The highest BCUT2D eigenvalue weighted by Gasteiger charge is 2.17. The Labute approximate surface area is 118 Å². The van der Waals surface area contributed by atoms with Crippen molar-refractivity contribution in [3.63, 3.8) is 0 Å². The molecule has 1 heterocycles. The summed E-state index contributed by atoms with van der Waals surface area (Å²) in [6.07, 6.45) is 0.987. The zero-order valence-electron chi connectivity index (χ0n) is 10.9. The maximum Gasteiger partial charge on any atom is 0.303 e. The van der Waals surface area contributed by atoms with Gasteiger partial charge in [-0.1, -0.05) is 17.7 Å². The minimum absolute atomic E-state index is 0.258. The van der Waals surface area contributed by atoms with Crippen LogP contribution in [0.15, 0.2) is 24.3 Å². The van der Waals surface area contributed by atoms with Gasteiger partial charge < -0.3 is 10.0 Å². The van der Waals surface area contributed by atoms with Crippen LogP contribution >= 0.6 is 11.6 Å². The number of piperazine rings is 1. The highest BCUT2D eigenvalue weighted by Crippen LogP contribution is 2.20. The maximum absolute atomic E-state index is 10.5. The number of hydrogen-bond donors (Lipinski definition) is 1. The third-order valence-corrected chi connectivity index (χ3v) is 3.65. The Kier molecular flexibility index (Phi) is 5.05. The molecule has 0 aromatic heterocycles. The van der Waals surface area contributed by atoms with Gasteiger partial charge in [-0.05, 0) is 31.2 Å². The van der Waals surface area contributed by atoms with Crippen molar-refractivity contribution < 1.29 is 9.90 Å². The van der Waals surface area contributed by atoms with Crippen LogP contribution in [0.4, 0.5) is 5.69 Å². The molecule has 104 valence electrons. The molecule has 2 rings (SSSR count). The largest absolute Gasteiger partial charge is 0.481 e. The first kappa shape index (κ1) is 14.2. The van der Waals surface area contributed by atoms with E-state index >= 15 is 0 Å². The molecule has 1 aliphatic heterocycles. The van der Waals surface area contributed by atoms with E-state index in [0.29, 0.717) is 0 Å². The summed E-state index contributed by atoms with van der Waals surface area (Å²) in [5, 5.41) is 9.39. The van der Waals surface area contributed by atoms with Crippen LogP contribution in [0.2, 0.25) is 5.02 Å². The summed E-state index contributed by atoms with van der Waals surface area (Å²) in [6, 6.07) is 7.91. The number of carboxylic acids is 1. The molecule has 19 heavy (non-hydrogen) atoms. The number of rotatable bonds is 5. The fraction of sp³-hybridized carbons (Fsp3) is 0.500. The molecular weight excluding hydrogens is 264 g/mol. The van der Waals surface area contributed by atoms with Crippen LogP contribution in [-0.4, -0.2) is 48.7 Å². The van der Waals surface area contributed by atoms with Gasteiger partial charge in [0.15, 0.2) is 0 Å². The van der Waals surface area contributed by atoms with E-state index in [9.17, 15) is 4.79 Å². The molecule has 0 spiro atoms. The van der Waals surface area contributed by atoms with Crippen LogP contribution in [0.3, 0.4) is 0 Å². The second-order valence-electron chi connectivity index (χ2n) is 4.81. The quantitative estimate of drug-likeness (QED) is 0.900. The normalized spacial score (nSPS) is 16.6. The van der Waals surface area contributed by atoms with E-state index in [1.54, 1.807) is 0 Å². The molecular formula is C14H19ClN2O2. The van der Waals surface area contributed by atoms with Crippen molar-refractivity contribution >= 4 is 23.3 Å². The van der Waals surface area contributed by atoms with Gasteiger partial charge in [-0.2, -0.15) is 0 Å². The van der Waals surface area contributed by atoms with Gasteiger partial charge in [0, 0.05) is 43.3 Å². The van der Waals surface area contributed by atoms with Crippen molar-refractivity contribution in [2.24, 2.45) is 0 Å². The monoisotopic (exact) mass is 282 g/mol. The van der Waals surface area contributed by atoms with Crippen molar-refractivity contribution in [2.45, 2.75) is 12.8 Å². The van der Waals surface area contributed by atoms with Gasteiger partial charge in [-0.3, -0.25) is 9.69 Å². The van der Waals surface area contributed by atoms with Crippen LogP contribution in [0.5, 0.6) is 0 Å². The number of aliphatic carboxylic acids is 1. The summed E-state index contributed by atoms with van der Waals surface area (Å²) in [7, 11) is 0. The Hall–Kier alpha value is -1.26. The minimum Gasteiger partial charge on any atom is -0.481 e. The summed E-state index contributed by atoms with van der Waals surface area (Å²) in [5.74, 6) is -0.711. The molecule has 1 aromatic carbocycles. The number of carbonyl (C=O) groups is 1. The van der Waals surface area contributed by atoms with Gasteiger partial charge in [-0.15, -0.1) is 0 Å². The number of hydrogen-bond acceptors (Lipinski definition) is 3. The van der Waals surface area contributed by atoms with Gasteiger partial charge >= 0.3 is 5.97 Å². The first-order valence-electron chi connectivity index (χ1n) is 6.60. The standard InChI is InChI=1S/C14H19ClN2O2/c15-12-3-1-4-13(11-12)17-9-7-16(8-10-17)6-2-5-14(18)19/h1,3-4,11H,2,5-10H2,(H,18,19). The lowest BCUT2D eigenvalue weighted by Gasteiger charge is -2.36. The lowest BCUT2D eigenvalue weighted by molar-refractivity contribution is -0.137. The van der Waals surface area contributed by atoms with Crippen LogP contribution in [-0.2, 0) is 4.79 Å². The van der Waals surface area contributed by atoms with E-state index in [4.69, 9.17) is 16.7 Å². The molecule has 0 bridgehead atoms. The average Bonchev–Trinajstić information content (AvgIpc) is 2.39. The van der Waals surface area contributed by atoms with Crippen LogP contribution in [0.1, 0.15) is 12.8 Å². The predicted molar refractivity (Wildman–Crippen MR) is 77.0 cm³/mol. The highest BCUT2D eigenvalue weighted by atomic mass is 35.5. The van der Waals surface area contributed by atoms with E-state index in [2.05, 4.69) is 15.9 Å². The maximum atomic E-state index is 10.5. The summed E-state index contributed by atoms with van der Waals surface area (Å²) < 4.78 is 0. The smallest absolute Gasteiger partial charge is 0.303 e. The van der Waals surface area contributed by atoms with Gasteiger partial charge in [0.25, 0.3) is 0 Å². The van der Waals surface area contributed by atoms with Crippen molar-refractivity contribution in [1.82, 2.24) is 4.90 Å². The molecule has 0 atom stereocenters. The van der Waals surface area contributed by atoms with E-state index in [0.717, 1.165) is 49.9 Å². The fourth-order valence-electron chi connectivity index (χ4n) is 2.36. The Morgan fingerprint density at radius 3 is 2.63 bits per heavy atom. The SMILES string of the molecule is O=C(O)CCCN1CCN(c2cccc(Cl)c2)CC1.